The average Bonchev–Trinajstić information content (AvgIpc) is 2.84. The third-order valence-electron chi connectivity index (χ3n) is 4.30. The van der Waals surface area contributed by atoms with E-state index in [0.29, 0.717) is 18.8 Å². The molecule has 1 aliphatic heterocycles. The number of hydrogen-bond donors (Lipinski definition) is 1. The zero-order chi connectivity index (χ0) is 17.9. The molecule has 0 saturated carbocycles. The molecule has 1 heterocycles. The van der Waals surface area contributed by atoms with Gasteiger partial charge in [-0.2, -0.15) is 0 Å². The van der Waals surface area contributed by atoms with Crippen LogP contribution in [0.25, 0.3) is 0 Å². The molecule has 0 amide bonds. The van der Waals surface area contributed by atoms with Gasteiger partial charge in [0.25, 0.3) is 0 Å². The maximum atomic E-state index is 14.1. The minimum absolute atomic E-state index is 0.146. The Bertz CT molecular complexity index is 682. The van der Waals surface area contributed by atoms with Crippen molar-refractivity contribution in [3.8, 4) is 5.75 Å². The van der Waals surface area contributed by atoms with Crippen molar-refractivity contribution in [1.82, 2.24) is 9.62 Å². The molecule has 2 rings (SSSR count). The van der Waals surface area contributed by atoms with Crippen molar-refractivity contribution < 1.29 is 21.9 Å². The number of ether oxygens (including phenoxy) is 1. The highest BCUT2D eigenvalue weighted by Crippen LogP contribution is 2.29. The van der Waals surface area contributed by atoms with Crippen LogP contribution >= 0.6 is 0 Å². The van der Waals surface area contributed by atoms with E-state index in [1.165, 1.54) is 13.2 Å². The summed E-state index contributed by atoms with van der Waals surface area (Å²) in [6.45, 7) is 3.29. The van der Waals surface area contributed by atoms with Gasteiger partial charge in [-0.15, -0.1) is 0 Å². The van der Waals surface area contributed by atoms with E-state index in [-0.39, 0.29) is 24.1 Å². The number of nitrogens with zero attached hydrogens (tertiary/aromatic N) is 1. The first kappa shape index (κ1) is 19.1. The van der Waals surface area contributed by atoms with Gasteiger partial charge in [-0.3, -0.25) is 4.90 Å². The van der Waals surface area contributed by atoms with Gasteiger partial charge in [-0.05, 0) is 24.5 Å². The second kappa shape index (κ2) is 7.76. The summed E-state index contributed by atoms with van der Waals surface area (Å²) < 4.78 is 58.5. The summed E-state index contributed by atoms with van der Waals surface area (Å²) in [5.41, 5.74) is 0.160. The maximum absolute atomic E-state index is 14.1. The van der Waals surface area contributed by atoms with Crippen LogP contribution in [-0.4, -0.2) is 45.8 Å². The summed E-state index contributed by atoms with van der Waals surface area (Å²) in [6.07, 6.45) is 2.93. The number of methoxy groups -OCH3 is 1. The molecule has 0 unspecified atom stereocenters. The van der Waals surface area contributed by atoms with Gasteiger partial charge >= 0.3 is 0 Å². The zero-order valence-electron chi connectivity index (χ0n) is 14.2. The first-order valence-electron chi connectivity index (χ1n) is 7.95. The molecule has 0 bridgehead atoms. The van der Waals surface area contributed by atoms with Gasteiger partial charge in [0.05, 0.1) is 13.4 Å². The summed E-state index contributed by atoms with van der Waals surface area (Å²) in [6, 6.07) is 2.22. The Kier molecular flexibility index (Phi) is 6.17. The quantitative estimate of drug-likeness (QED) is 0.807. The molecule has 5 nitrogen and oxygen atoms in total. The lowest BCUT2D eigenvalue weighted by Crippen LogP contribution is -2.39. The molecule has 136 valence electrons. The van der Waals surface area contributed by atoms with Crippen LogP contribution < -0.4 is 9.46 Å². The third-order valence-corrected chi connectivity index (χ3v) is 5.03. The van der Waals surface area contributed by atoms with E-state index in [1.807, 2.05) is 11.8 Å². The molecule has 1 N–H and O–H groups in total. The molecule has 24 heavy (non-hydrogen) atoms. The van der Waals surface area contributed by atoms with Crippen LogP contribution in [0.3, 0.4) is 0 Å². The first-order valence-corrected chi connectivity index (χ1v) is 9.84. The summed E-state index contributed by atoms with van der Waals surface area (Å²) in [7, 11) is -1.91. The molecule has 1 fully saturated rings. The topological polar surface area (TPSA) is 58.6 Å². The van der Waals surface area contributed by atoms with Crippen LogP contribution in [0.15, 0.2) is 12.1 Å². The van der Waals surface area contributed by atoms with Crippen molar-refractivity contribution in [2.24, 2.45) is 5.92 Å². The molecule has 1 saturated heterocycles. The van der Waals surface area contributed by atoms with E-state index < -0.39 is 21.7 Å². The van der Waals surface area contributed by atoms with Crippen LogP contribution in [0, 0.1) is 17.6 Å². The standard InChI is InChI=1S/C16H24F2N2O3S/c1-4-5-11-8-20(10-14(11)19-24(3,21)22)9-12-15(23-2)7-6-13(17)16(12)18/h6-7,11,14,19H,4-5,8-10H2,1-3H3/t11-,14-/m1/s1. The van der Waals surface area contributed by atoms with Gasteiger partial charge in [0.2, 0.25) is 10.0 Å². The minimum atomic E-state index is -3.32. The van der Waals surface area contributed by atoms with E-state index in [1.54, 1.807) is 0 Å². The van der Waals surface area contributed by atoms with Crippen LogP contribution in [0.1, 0.15) is 25.3 Å². The van der Waals surface area contributed by atoms with Gasteiger partial charge in [-0.25, -0.2) is 21.9 Å². The number of sulfonamides is 1. The molecule has 0 aliphatic carbocycles. The average molecular weight is 362 g/mol. The van der Waals surface area contributed by atoms with Gasteiger partial charge in [0.1, 0.15) is 5.75 Å². The molecule has 8 heteroatoms. The van der Waals surface area contributed by atoms with E-state index in [2.05, 4.69) is 4.72 Å². The van der Waals surface area contributed by atoms with Gasteiger partial charge < -0.3 is 4.74 Å². The van der Waals surface area contributed by atoms with E-state index in [0.717, 1.165) is 25.2 Å². The fourth-order valence-electron chi connectivity index (χ4n) is 3.30. The molecule has 1 aromatic rings. The Morgan fingerprint density at radius 1 is 1.33 bits per heavy atom. The fraction of sp³-hybridized carbons (Fsp3) is 0.625. The van der Waals surface area contributed by atoms with E-state index in [9.17, 15) is 17.2 Å². The Balaban J connectivity index is 2.18. The zero-order valence-corrected chi connectivity index (χ0v) is 15.0. The highest BCUT2D eigenvalue weighted by molar-refractivity contribution is 7.88. The van der Waals surface area contributed by atoms with Crippen LogP contribution in [-0.2, 0) is 16.6 Å². The Hall–Kier alpha value is -1.25. The van der Waals surface area contributed by atoms with Gasteiger partial charge in [0, 0.05) is 31.2 Å². The molecule has 0 aromatic heterocycles. The monoisotopic (exact) mass is 362 g/mol. The first-order chi connectivity index (χ1) is 11.2. The van der Waals surface area contributed by atoms with Gasteiger partial charge in [-0.1, -0.05) is 13.3 Å². The maximum Gasteiger partial charge on any atom is 0.209 e. The van der Waals surface area contributed by atoms with Crippen molar-refractivity contribution in [3.63, 3.8) is 0 Å². The van der Waals surface area contributed by atoms with Crippen LogP contribution in [0.5, 0.6) is 5.75 Å². The number of halogens is 2. The Labute approximate surface area is 142 Å². The molecule has 1 aromatic carbocycles. The number of benzene rings is 1. The SMILES string of the molecule is CCC[C@@H]1CN(Cc2c(OC)ccc(F)c2F)C[C@H]1NS(C)(=O)=O. The highest BCUT2D eigenvalue weighted by Gasteiger charge is 2.34. The summed E-state index contributed by atoms with van der Waals surface area (Å²) in [4.78, 5) is 1.93. The Morgan fingerprint density at radius 3 is 2.62 bits per heavy atom. The molecule has 1 aliphatic rings. The number of likely N-dealkylation sites (tertiary alicyclic amines) is 1. The molecular weight excluding hydrogens is 338 g/mol. The summed E-state index contributed by atoms with van der Waals surface area (Å²) in [5, 5.41) is 0. The van der Waals surface area contributed by atoms with E-state index >= 15 is 0 Å². The third kappa shape index (κ3) is 4.64. The van der Waals surface area contributed by atoms with Crippen molar-refractivity contribution in [3.05, 3.63) is 29.3 Å². The molecular formula is C16H24F2N2O3S. The Morgan fingerprint density at radius 2 is 2.04 bits per heavy atom. The van der Waals surface area contributed by atoms with Crippen molar-refractivity contribution >= 4 is 10.0 Å². The summed E-state index contributed by atoms with van der Waals surface area (Å²) >= 11 is 0. The number of nitrogens with one attached hydrogen (secondary N) is 1. The van der Waals surface area contributed by atoms with Gasteiger partial charge in [0.15, 0.2) is 11.6 Å². The van der Waals surface area contributed by atoms with Crippen molar-refractivity contribution in [2.45, 2.75) is 32.4 Å². The smallest absolute Gasteiger partial charge is 0.209 e. The second-order valence-corrected chi connectivity index (χ2v) is 8.06. The van der Waals surface area contributed by atoms with Crippen LogP contribution in [0.4, 0.5) is 8.78 Å². The predicted molar refractivity (Wildman–Crippen MR) is 88.4 cm³/mol. The van der Waals surface area contributed by atoms with Crippen LogP contribution in [0.2, 0.25) is 0 Å². The predicted octanol–water partition coefficient (Wildman–Crippen LogP) is 2.12. The highest BCUT2D eigenvalue weighted by atomic mass is 32.2. The normalized spacial score (nSPS) is 22.0. The minimum Gasteiger partial charge on any atom is -0.496 e. The van der Waals surface area contributed by atoms with Crippen molar-refractivity contribution in [1.29, 1.82) is 0 Å². The second-order valence-electron chi connectivity index (χ2n) is 6.28. The number of hydrogen-bond acceptors (Lipinski definition) is 4. The molecule has 0 radical (unpaired) electrons. The number of rotatable bonds is 7. The lowest BCUT2D eigenvalue weighted by atomic mass is 9.99. The van der Waals surface area contributed by atoms with E-state index in [4.69, 9.17) is 4.74 Å². The molecule has 0 spiro atoms. The largest absolute Gasteiger partial charge is 0.496 e. The fourth-order valence-corrected chi connectivity index (χ4v) is 4.12. The lowest BCUT2D eigenvalue weighted by Gasteiger charge is -2.18. The molecule has 2 atom stereocenters. The summed E-state index contributed by atoms with van der Waals surface area (Å²) in [5.74, 6) is -1.39. The van der Waals surface area contributed by atoms with Crippen molar-refractivity contribution in [2.75, 3.05) is 26.5 Å². The lowest BCUT2D eigenvalue weighted by molar-refractivity contribution is 0.295.